The second-order valence-corrected chi connectivity index (χ2v) is 2.19. The molecule has 55 valence electrons. The first-order valence-electron chi connectivity index (χ1n) is 3.12. The molecule has 0 fully saturated rings. The van der Waals surface area contributed by atoms with E-state index in [0.29, 0.717) is 5.69 Å². The number of halogens is 1. The summed E-state index contributed by atoms with van der Waals surface area (Å²) in [6.07, 6.45) is 0. The van der Waals surface area contributed by atoms with Crippen molar-refractivity contribution < 1.29 is 4.39 Å². The van der Waals surface area contributed by atoms with Crippen LogP contribution in [0.5, 0.6) is 0 Å². The molecule has 0 aromatic heterocycles. The minimum absolute atomic E-state index is 0.116. The van der Waals surface area contributed by atoms with Crippen molar-refractivity contribution in [2.75, 3.05) is 0 Å². The summed E-state index contributed by atoms with van der Waals surface area (Å²) in [5.74, 6) is -0.267. The quantitative estimate of drug-likeness (QED) is 0.589. The van der Waals surface area contributed by atoms with Crippen molar-refractivity contribution in [3.05, 3.63) is 24.0 Å². The zero-order valence-corrected chi connectivity index (χ0v) is 5.58. The smallest absolute Gasteiger partial charge is 0.221 e. The maximum Gasteiger partial charge on any atom is 0.221 e. The molecule has 3 nitrogen and oxygen atoms in total. The normalized spacial score (nSPS) is 13.7. The highest BCUT2D eigenvalue weighted by Gasteiger charge is 2.16. The van der Waals surface area contributed by atoms with Gasteiger partial charge in [-0.05, 0) is 12.1 Å². The summed E-state index contributed by atoms with van der Waals surface area (Å²) in [7, 11) is 0. The average molecular weight is 150 g/mol. The summed E-state index contributed by atoms with van der Waals surface area (Å²) in [6.45, 7) is 0. The molecule has 0 unspecified atom stereocenters. The van der Waals surface area contributed by atoms with Gasteiger partial charge in [-0.25, -0.2) is 14.7 Å². The summed E-state index contributed by atoms with van der Waals surface area (Å²) in [4.78, 5) is 3.80. The van der Waals surface area contributed by atoms with E-state index in [2.05, 4.69) is 10.3 Å². The van der Waals surface area contributed by atoms with Gasteiger partial charge in [0.2, 0.25) is 5.96 Å². The molecular formula is C7H5FN3. The molecule has 0 spiro atoms. The van der Waals surface area contributed by atoms with E-state index in [1.54, 1.807) is 12.1 Å². The van der Waals surface area contributed by atoms with Crippen molar-refractivity contribution >= 4 is 17.3 Å². The van der Waals surface area contributed by atoms with Crippen LogP contribution in [0.3, 0.4) is 0 Å². The number of nitrogens with zero attached hydrogens (tertiary/aromatic N) is 2. The number of rotatable bonds is 0. The van der Waals surface area contributed by atoms with E-state index in [1.165, 1.54) is 6.07 Å². The Kier molecular flexibility index (Phi) is 1.09. The molecular weight excluding hydrogens is 145 g/mol. The van der Waals surface area contributed by atoms with Crippen molar-refractivity contribution in [2.24, 2.45) is 10.7 Å². The number of fused-ring (bicyclic) bond motifs is 1. The van der Waals surface area contributed by atoms with Gasteiger partial charge in [-0.3, -0.25) is 0 Å². The van der Waals surface area contributed by atoms with E-state index in [4.69, 9.17) is 5.73 Å². The molecule has 0 saturated heterocycles. The third-order valence-corrected chi connectivity index (χ3v) is 1.43. The van der Waals surface area contributed by atoms with E-state index in [-0.39, 0.29) is 17.5 Å². The maximum atomic E-state index is 12.8. The summed E-state index contributed by atoms with van der Waals surface area (Å²) >= 11 is 0. The van der Waals surface area contributed by atoms with E-state index >= 15 is 0 Å². The SMILES string of the molecule is NC1=Nc2cccc(F)c2[N]1. The average Bonchev–Trinajstić information content (AvgIpc) is 2.31. The molecule has 1 heterocycles. The fraction of sp³-hybridized carbons (Fsp3) is 0. The van der Waals surface area contributed by atoms with Gasteiger partial charge >= 0.3 is 0 Å². The van der Waals surface area contributed by atoms with Crippen LogP contribution in [-0.2, 0) is 0 Å². The first-order chi connectivity index (χ1) is 5.27. The molecule has 0 aliphatic carbocycles. The molecule has 2 N–H and O–H groups in total. The first-order valence-corrected chi connectivity index (χ1v) is 3.12. The fourth-order valence-corrected chi connectivity index (χ4v) is 0.968. The molecule has 1 radical (unpaired) electrons. The van der Waals surface area contributed by atoms with Crippen molar-refractivity contribution in [1.29, 1.82) is 0 Å². The molecule has 0 saturated carbocycles. The number of hydrogen-bond acceptors (Lipinski definition) is 2. The Bertz CT molecular complexity index is 332. The highest BCUT2D eigenvalue weighted by Crippen LogP contribution is 2.31. The minimum Gasteiger partial charge on any atom is -0.368 e. The van der Waals surface area contributed by atoms with Crippen LogP contribution < -0.4 is 11.1 Å². The predicted molar refractivity (Wildman–Crippen MR) is 39.5 cm³/mol. The summed E-state index contributed by atoms with van der Waals surface area (Å²) in [6, 6.07) is 4.57. The lowest BCUT2D eigenvalue weighted by Crippen LogP contribution is -2.17. The molecule has 1 aromatic rings. The van der Waals surface area contributed by atoms with Gasteiger partial charge in [0.1, 0.15) is 5.69 Å². The largest absolute Gasteiger partial charge is 0.368 e. The number of hydrogen-bond donors (Lipinski definition) is 1. The molecule has 11 heavy (non-hydrogen) atoms. The van der Waals surface area contributed by atoms with Gasteiger partial charge in [-0.1, -0.05) is 6.07 Å². The van der Waals surface area contributed by atoms with Crippen molar-refractivity contribution in [1.82, 2.24) is 5.32 Å². The van der Waals surface area contributed by atoms with Crippen LogP contribution in [0.1, 0.15) is 0 Å². The third kappa shape index (κ3) is 0.832. The lowest BCUT2D eigenvalue weighted by Gasteiger charge is -1.95. The van der Waals surface area contributed by atoms with Crippen molar-refractivity contribution in [2.45, 2.75) is 0 Å². The van der Waals surface area contributed by atoms with Gasteiger partial charge < -0.3 is 5.73 Å². The Morgan fingerprint density at radius 3 is 2.91 bits per heavy atom. The van der Waals surface area contributed by atoms with Crippen LogP contribution in [0.4, 0.5) is 15.8 Å². The first kappa shape index (κ1) is 6.15. The summed E-state index contributed by atoms with van der Waals surface area (Å²) in [5, 5.41) is 3.70. The van der Waals surface area contributed by atoms with Gasteiger partial charge in [0.05, 0.1) is 5.69 Å². The van der Waals surface area contributed by atoms with Gasteiger partial charge in [-0.2, -0.15) is 0 Å². The van der Waals surface area contributed by atoms with Gasteiger partial charge in [0, 0.05) is 0 Å². The zero-order chi connectivity index (χ0) is 7.84. The van der Waals surface area contributed by atoms with Crippen LogP contribution in [0, 0.1) is 5.82 Å². The minimum atomic E-state index is -0.383. The predicted octanol–water partition coefficient (Wildman–Crippen LogP) is 1.02. The molecule has 4 heteroatoms. The summed E-state index contributed by atoms with van der Waals surface area (Å²) in [5.41, 5.74) is 6.01. The maximum absolute atomic E-state index is 12.8. The Morgan fingerprint density at radius 2 is 2.18 bits per heavy atom. The summed E-state index contributed by atoms with van der Waals surface area (Å²) < 4.78 is 12.8. The number of para-hydroxylation sites is 1. The number of benzene rings is 1. The molecule has 1 aromatic carbocycles. The number of guanidine groups is 1. The Labute approximate surface area is 62.7 Å². The van der Waals surface area contributed by atoms with Gasteiger partial charge in [0.25, 0.3) is 0 Å². The molecule has 1 aliphatic heterocycles. The Morgan fingerprint density at radius 1 is 1.36 bits per heavy atom. The highest BCUT2D eigenvalue weighted by atomic mass is 19.1. The standard InChI is InChI=1S/C7H5FN3/c8-4-2-1-3-5-6(4)11-7(9)10-5/h1-3H,(H2,9,10). The topological polar surface area (TPSA) is 52.5 Å². The van der Waals surface area contributed by atoms with Crippen LogP contribution in [0.25, 0.3) is 0 Å². The van der Waals surface area contributed by atoms with Crippen LogP contribution in [-0.4, -0.2) is 5.96 Å². The molecule has 0 bridgehead atoms. The van der Waals surface area contributed by atoms with Crippen molar-refractivity contribution in [3.63, 3.8) is 0 Å². The molecule has 0 atom stereocenters. The van der Waals surface area contributed by atoms with Crippen molar-refractivity contribution in [3.8, 4) is 0 Å². The second-order valence-electron chi connectivity index (χ2n) is 2.19. The van der Waals surface area contributed by atoms with Gasteiger partial charge in [-0.15, -0.1) is 0 Å². The monoisotopic (exact) mass is 150 g/mol. The molecule has 0 amide bonds. The Hall–Kier alpha value is -1.58. The highest BCUT2D eigenvalue weighted by molar-refractivity contribution is 5.93. The second kappa shape index (κ2) is 1.95. The van der Waals surface area contributed by atoms with Gasteiger partial charge in [0.15, 0.2) is 5.82 Å². The lowest BCUT2D eigenvalue weighted by atomic mass is 10.3. The number of nitrogens with two attached hydrogens (primary N) is 1. The molecule has 1 aliphatic rings. The number of aliphatic imine (C=N–C) groups is 1. The Balaban J connectivity index is 2.59. The van der Waals surface area contributed by atoms with E-state index in [9.17, 15) is 4.39 Å². The third-order valence-electron chi connectivity index (χ3n) is 1.43. The van der Waals surface area contributed by atoms with E-state index in [0.717, 1.165) is 0 Å². The molecule has 2 rings (SSSR count). The van der Waals surface area contributed by atoms with E-state index in [1.807, 2.05) is 0 Å². The van der Waals surface area contributed by atoms with Crippen LogP contribution in [0.15, 0.2) is 23.2 Å². The fourth-order valence-electron chi connectivity index (χ4n) is 0.968. The van der Waals surface area contributed by atoms with Crippen LogP contribution in [0.2, 0.25) is 0 Å². The van der Waals surface area contributed by atoms with Crippen LogP contribution >= 0.6 is 0 Å². The lowest BCUT2D eigenvalue weighted by molar-refractivity contribution is 0.627. The zero-order valence-electron chi connectivity index (χ0n) is 5.58. The van der Waals surface area contributed by atoms with E-state index < -0.39 is 0 Å².